The number of hydrogen-bond donors (Lipinski definition) is 0. The van der Waals surface area contributed by atoms with Gasteiger partial charge >= 0.3 is 6.18 Å². The van der Waals surface area contributed by atoms with E-state index < -0.39 is 12.0 Å². The molecule has 0 unspecified atom stereocenters. The van der Waals surface area contributed by atoms with Gasteiger partial charge in [-0.15, -0.1) is 0 Å². The van der Waals surface area contributed by atoms with Crippen LogP contribution in [0.25, 0.3) is 16.9 Å². The van der Waals surface area contributed by atoms with Gasteiger partial charge in [0.1, 0.15) is 17.4 Å². The summed E-state index contributed by atoms with van der Waals surface area (Å²) in [5, 5.41) is 7.71. The summed E-state index contributed by atoms with van der Waals surface area (Å²) in [6.07, 6.45) is 2.11. The van der Waals surface area contributed by atoms with E-state index >= 15 is 0 Å². The average Bonchev–Trinajstić information content (AvgIpc) is 3.22. The van der Waals surface area contributed by atoms with Crippen LogP contribution >= 0.6 is 0 Å². The van der Waals surface area contributed by atoms with Gasteiger partial charge in [-0.1, -0.05) is 0 Å². The molecule has 4 heterocycles. The molecule has 1 fully saturated rings. The van der Waals surface area contributed by atoms with Crippen molar-refractivity contribution in [3.63, 3.8) is 0 Å². The summed E-state index contributed by atoms with van der Waals surface area (Å²) in [5.74, 6) is -0.372. The number of nitrogens with zero attached hydrogens (tertiary/aromatic N) is 6. The molecule has 0 N–H and O–H groups in total. The van der Waals surface area contributed by atoms with Gasteiger partial charge in [-0.25, -0.2) is 9.97 Å². The summed E-state index contributed by atoms with van der Waals surface area (Å²) < 4.78 is 47.9. The molecule has 0 bridgehead atoms. The van der Waals surface area contributed by atoms with Gasteiger partial charge in [0.15, 0.2) is 5.65 Å². The summed E-state index contributed by atoms with van der Waals surface area (Å²) in [6, 6.07) is 11.6. The fourth-order valence-electron chi connectivity index (χ4n) is 4.07. The third-order valence-electron chi connectivity index (χ3n) is 5.65. The largest absolute Gasteiger partial charge is 0.490 e. The molecule has 4 aromatic rings. The molecule has 33 heavy (non-hydrogen) atoms. The molecule has 0 spiro atoms. The number of hydrogen-bond acceptors (Lipinski definition) is 6. The number of rotatable bonds is 5. The predicted octanol–water partition coefficient (Wildman–Crippen LogP) is 4.27. The third-order valence-corrected chi connectivity index (χ3v) is 5.65. The molecule has 0 amide bonds. The van der Waals surface area contributed by atoms with Crippen molar-refractivity contribution in [1.82, 2.24) is 29.6 Å². The van der Waals surface area contributed by atoms with E-state index in [1.54, 1.807) is 42.7 Å². The molecule has 0 saturated carbocycles. The van der Waals surface area contributed by atoms with Gasteiger partial charge in [0, 0.05) is 37.7 Å². The fraction of sp³-hybridized carbons (Fsp3) is 0.304. The number of halogens is 3. The van der Waals surface area contributed by atoms with Crippen LogP contribution in [0.4, 0.5) is 13.2 Å². The molecule has 1 aliphatic rings. The molecule has 7 nitrogen and oxygen atoms in total. The lowest BCUT2D eigenvalue weighted by Crippen LogP contribution is -2.37. The molecule has 5 rings (SSSR count). The van der Waals surface area contributed by atoms with Crippen molar-refractivity contribution in [3.8, 4) is 11.4 Å². The van der Waals surface area contributed by atoms with E-state index in [1.165, 1.54) is 12.3 Å². The van der Waals surface area contributed by atoms with Crippen molar-refractivity contribution in [1.29, 1.82) is 0 Å². The quantitative estimate of drug-likeness (QED) is 0.449. The number of piperidine rings is 1. The highest BCUT2D eigenvalue weighted by molar-refractivity contribution is 5.74. The maximum absolute atomic E-state index is 13.6. The number of fused-ring (bicyclic) bond motifs is 1. The number of alkyl halides is 3. The van der Waals surface area contributed by atoms with E-state index in [0.717, 1.165) is 42.6 Å². The van der Waals surface area contributed by atoms with Crippen LogP contribution in [0.1, 0.15) is 24.2 Å². The second kappa shape index (κ2) is 8.78. The third kappa shape index (κ3) is 4.65. The number of aromatic nitrogens is 5. The Bertz CT molecular complexity index is 1220. The van der Waals surface area contributed by atoms with Gasteiger partial charge in [0.05, 0.1) is 6.20 Å². The molecule has 0 atom stereocenters. The summed E-state index contributed by atoms with van der Waals surface area (Å²) in [6.45, 7) is 2.62. The van der Waals surface area contributed by atoms with Crippen LogP contribution in [0.15, 0.2) is 61.1 Å². The van der Waals surface area contributed by atoms with Gasteiger partial charge in [0.25, 0.3) is 0 Å². The first-order valence-corrected chi connectivity index (χ1v) is 10.6. The smallest absolute Gasteiger partial charge is 0.450 e. The molecule has 1 aromatic carbocycles. The zero-order valence-corrected chi connectivity index (χ0v) is 17.6. The van der Waals surface area contributed by atoms with Crippen LogP contribution in [0.2, 0.25) is 0 Å². The Morgan fingerprint density at radius 1 is 0.970 bits per heavy atom. The number of imidazole rings is 1. The number of pyridine rings is 1. The first-order valence-electron chi connectivity index (χ1n) is 10.6. The first kappa shape index (κ1) is 21.3. The molecule has 0 radical (unpaired) electrons. The van der Waals surface area contributed by atoms with Gasteiger partial charge in [0.2, 0.25) is 5.82 Å². The van der Waals surface area contributed by atoms with Crippen LogP contribution in [-0.2, 0) is 12.7 Å². The molecule has 0 aliphatic carbocycles. The normalized spacial score (nSPS) is 15.7. The summed E-state index contributed by atoms with van der Waals surface area (Å²) in [5.41, 5.74) is 1.81. The summed E-state index contributed by atoms with van der Waals surface area (Å²) in [4.78, 5) is 10.2. The van der Waals surface area contributed by atoms with E-state index in [-0.39, 0.29) is 17.3 Å². The molecular formula is C23H21F3N6O. The maximum atomic E-state index is 13.6. The van der Waals surface area contributed by atoms with Gasteiger partial charge in [-0.2, -0.15) is 23.4 Å². The Hall–Kier alpha value is -3.53. The van der Waals surface area contributed by atoms with E-state index in [9.17, 15) is 13.2 Å². The minimum atomic E-state index is -4.60. The highest BCUT2D eigenvalue weighted by Gasteiger charge is 2.38. The number of ether oxygens (including phenoxy) is 1. The van der Waals surface area contributed by atoms with Crippen LogP contribution < -0.4 is 4.74 Å². The number of benzene rings is 1. The van der Waals surface area contributed by atoms with Crippen molar-refractivity contribution in [2.75, 3.05) is 13.1 Å². The van der Waals surface area contributed by atoms with Gasteiger partial charge in [-0.05, 0) is 60.9 Å². The second-order valence-corrected chi connectivity index (χ2v) is 7.95. The first-order chi connectivity index (χ1) is 16.0. The number of likely N-dealkylation sites (tertiary alicyclic amines) is 1. The Balaban J connectivity index is 1.27. The van der Waals surface area contributed by atoms with Crippen molar-refractivity contribution in [2.45, 2.75) is 31.7 Å². The second-order valence-electron chi connectivity index (χ2n) is 7.95. The van der Waals surface area contributed by atoms with E-state index in [2.05, 4.69) is 25.1 Å². The van der Waals surface area contributed by atoms with E-state index in [0.29, 0.717) is 11.4 Å². The fourth-order valence-corrected chi connectivity index (χ4v) is 4.07. The van der Waals surface area contributed by atoms with Gasteiger partial charge < -0.3 is 4.74 Å². The molecule has 170 valence electrons. The van der Waals surface area contributed by atoms with E-state index in [4.69, 9.17) is 4.74 Å². The van der Waals surface area contributed by atoms with Crippen molar-refractivity contribution < 1.29 is 17.9 Å². The zero-order valence-electron chi connectivity index (χ0n) is 17.6. The van der Waals surface area contributed by atoms with Crippen LogP contribution in [0.3, 0.4) is 0 Å². The predicted molar refractivity (Wildman–Crippen MR) is 115 cm³/mol. The highest BCUT2D eigenvalue weighted by atomic mass is 19.4. The Morgan fingerprint density at radius 3 is 2.45 bits per heavy atom. The van der Waals surface area contributed by atoms with Crippen molar-refractivity contribution in [3.05, 3.63) is 72.4 Å². The summed E-state index contributed by atoms with van der Waals surface area (Å²) in [7, 11) is 0. The summed E-state index contributed by atoms with van der Waals surface area (Å²) >= 11 is 0. The average molecular weight is 454 g/mol. The Kier molecular flexibility index (Phi) is 5.67. The standard InChI is InChI=1S/C23H21F3N6O/c24-23(25,26)22-30-20-2-1-10-27-21(20)32(22)17-3-5-18(6-4-17)33-19-8-12-31(13-9-19)15-16-7-11-28-29-14-16/h1-7,10-11,14,19H,8-9,12-13,15H2. The maximum Gasteiger partial charge on any atom is 0.450 e. The van der Waals surface area contributed by atoms with Gasteiger partial charge in [-0.3, -0.25) is 9.47 Å². The lowest BCUT2D eigenvalue weighted by atomic mass is 10.1. The highest BCUT2D eigenvalue weighted by Crippen LogP contribution is 2.33. The van der Waals surface area contributed by atoms with Crippen LogP contribution in [0, 0.1) is 0 Å². The monoisotopic (exact) mass is 454 g/mol. The molecule has 10 heteroatoms. The minimum absolute atomic E-state index is 0.0594. The molecule has 1 saturated heterocycles. The topological polar surface area (TPSA) is 69.0 Å². The SMILES string of the molecule is FC(F)(F)c1nc2cccnc2n1-c1ccc(OC2CCN(Cc3ccnnc3)CC2)cc1. The lowest BCUT2D eigenvalue weighted by Gasteiger charge is -2.32. The van der Waals surface area contributed by atoms with Crippen molar-refractivity contribution >= 4 is 11.2 Å². The zero-order chi connectivity index (χ0) is 22.8. The minimum Gasteiger partial charge on any atom is -0.490 e. The van der Waals surface area contributed by atoms with Crippen LogP contribution in [0.5, 0.6) is 5.75 Å². The Labute approximate surface area is 187 Å². The van der Waals surface area contributed by atoms with Crippen LogP contribution in [-0.4, -0.2) is 48.8 Å². The Morgan fingerprint density at radius 2 is 1.76 bits per heavy atom. The molecule has 3 aromatic heterocycles. The molecular weight excluding hydrogens is 433 g/mol. The van der Waals surface area contributed by atoms with Crippen molar-refractivity contribution in [2.24, 2.45) is 0 Å². The van der Waals surface area contributed by atoms with E-state index in [1.807, 2.05) is 6.07 Å². The lowest BCUT2D eigenvalue weighted by molar-refractivity contribution is -0.145. The molecule has 1 aliphatic heterocycles.